The third-order valence-corrected chi connectivity index (χ3v) is 3.94. The van der Waals surface area contributed by atoms with Crippen molar-refractivity contribution in [2.75, 3.05) is 19.5 Å². The highest BCUT2D eigenvalue weighted by atomic mass is 35.5. The highest BCUT2D eigenvalue weighted by molar-refractivity contribution is 6.17. The molecule has 0 aromatic rings. The molecule has 0 spiro atoms. The first kappa shape index (κ1) is 13.3. The minimum Gasteiger partial charge on any atom is -0.303 e. The third-order valence-electron chi connectivity index (χ3n) is 3.68. The first-order valence-electron chi connectivity index (χ1n) is 6.50. The van der Waals surface area contributed by atoms with Crippen molar-refractivity contribution < 1.29 is 0 Å². The molecule has 1 saturated carbocycles. The number of hydrogen-bond donors (Lipinski definition) is 0. The van der Waals surface area contributed by atoms with Crippen LogP contribution in [0.15, 0.2) is 0 Å². The fraction of sp³-hybridized carbons (Fsp3) is 1.00. The molecule has 1 aliphatic rings. The molecule has 0 aromatic heterocycles. The highest BCUT2D eigenvalue weighted by Gasteiger charge is 2.21. The Balaban J connectivity index is 2.12. The van der Waals surface area contributed by atoms with Crippen molar-refractivity contribution in [3.63, 3.8) is 0 Å². The van der Waals surface area contributed by atoms with E-state index in [4.69, 9.17) is 11.6 Å². The predicted molar refractivity (Wildman–Crippen MR) is 68.6 cm³/mol. The summed E-state index contributed by atoms with van der Waals surface area (Å²) in [6.07, 6.45) is 9.47. The van der Waals surface area contributed by atoms with Crippen molar-refractivity contribution in [1.29, 1.82) is 0 Å². The molecular formula is C13H26ClN. The Kier molecular flexibility index (Phi) is 6.67. The molecule has 2 atom stereocenters. The summed E-state index contributed by atoms with van der Waals surface area (Å²) >= 11 is 5.67. The number of halogens is 1. The SMILES string of the molecule is CC1CCCC(N(C)CCCCCCl)C1. The molecule has 0 aromatic carbocycles. The second-order valence-electron chi connectivity index (χ2n) is 5.16. The minimum atomic E-state index is 0.824. The monoisotopic (exact) mass is 231 g/mol. The van der Waals surface area contributed by atoms with Gasteiger partial charge in [-0.05, 0) is 45.2 Å². The van der Waals surface area contributed by atoms with Gasteiger partial charge in [-0.2, -0.15) is 0 Å². The normalized spacial score (nSPS) is 27.2. The lowest BCUT2D eigenvalue weighted by atomic mass is 9.86. The maximum absolute atomic E-state index is 5.67. The Morgan fingerprint density at radius 2 is 2.00 bits per heavy atom. The van der Waals surface area contributed by atoms with Crippen LogP contribution in [0.4, 0.5) is 0 Å². The van der Waals surface area contributed by atoms with Crippen LogP contribution in [-0.2, 0) is 0 Å². The van der Waals surface area contributed by atoms with Crippen LogP contribution in [0.3, 0.4) is 0 Å². The largest absolute Gasteiger partial charge is 0.303 e. The smallest absolute Gasteiger partial charge is 0.0223 e. The van der Waals surface area contributed by atoms with Crippen LogP contribution in [-0.4, -0.2) is 30.4 Å². The average Bonchev–Trinajstić information content (AvgIpc) is 2.24. The van der Waals surface area contributed by atoms with E-state index in [9.17, 15) is 0 Å². The van der Waals surface area contributed by atoms with Crippen molar-refractivity contribution >= 4 is 11.6 Å². The Labute approximate surface area is 100 Å². The van der Waals surface area contributed by atoms with E-state index in [1.165, 1.54) is 51.5 Å². The van der Waals surface area contributed by atoms with Gasteiger partial charge in [-0.3, -0.25) is 0 Å². The third kappa shape index (κ3) is 5.21. The molecule has 0 amide bonds. The fourth-order valence-corrected chi connectivity index (χ4v) is 2.81. The summed E-state index contributed by atoms with van der Waals surface area (Å²) < 4.78 is 0. The van der Waals surface area contributed by atoms with Gasteiger partial charge in [0.25, 0.3) is 0 Å². The van der Waals surface area contributed by atoms with Gasteiger partial charge in [0.1, 0.15) is 0 Å². The number of nitrogens with zero attached hydrogens (tertiary/aromatic N) is 1. The summed E-state index contributed by atoms with van der Waals surface area (Å²) in [7, 11) is 2.30. The van der Waals surface area contributed by atoms with Crippen LogP contribution in [0, 0.1) is 5.92 Å². The maximum atomic E-state index is 5.67. The maximum Gasteiger partial charge on any atom is 0.0223 e. The van der Waals surface area contributed by atoms with Crippen molar-refractivity contribution in [2.24, 2.45) is 5.92 Å². The molecule has 0 bridgehead atoms. The molecule has 0 aliphatic heterocycles. The highest BCUT2D eigenvalue weighted by Crippen LogP contribution is 2.26. The summed E-state index contributed by atoms with van der Waals surface area (Å²) in [6.45, 7) is 3.65. The van der Waals surface area contributed by atoms with Gasteiger partial charge in [-0.15, -0.1) is 11.6 Å². The van der Waals surface area contributed by atoms with E-state index in [0.29, 0.717) is 0 Å². The molecule has 15 heavy (non-hydrogen) atoms. The van der Waals surface area contributed by atoms with Crippen molar-refractivity contribution in [3.8, 4) is 0 Å². The van der Waals surface area contributed by atoms with Gasteiger partial charge in [0.05, 0.1) is 0 Å². The lowest BCUT2D eigenvalue weighted by Gasteiger charge is -2.34. The summed E-state index contributed by atoms with van der Waals surface area (Å²) in [5.41, 5.74) is 0. The first-order valence-corrected chi connectivity index (χ1v) is 7.03. The number of hydrogen-bond acceptors (Lipinski definition) is 1. The van der Waals surface area contributed by atoms with E-state index in [-0.39, 0.29) is 0 Å². The van der Waals surface area contributed by atoms with Crippen LogP contribution in [0.25, 0.3) is 0 Å². The van der Waals surface area contributed by atoms with Crippen LogP contribution in [0.5, 0.6) is 0 Å². The number of alkyl halides is 1. The molecule has 1 rings (SSSR count). The van der Waals surface area contributed by atoms with Gasteiger partial charge in [0, 0.05) is 11.9 Å². The van der Waals surface area contributed by atoms with Crippen molar-refractivity contribution in [2.45, 2.75) is 57.9 Å². The number of unbranched alkanes of at least 4 members (excludes halogenated alkanes) is 2. The Morgan fingerprint density at radius 3 is 2.67 bits per heavy atom. The molecule has 0 heterocycles. The van der Waals surface area contributed by atoms with E-state index in [0.717, 1.165) is 17.8 Å². The van der Waals surface area contributed by atoms with Gasteiger partial charge in [-0.25, -0.2) is 0 Å². The van der Waals surface area contributed by atoms with Gasteiger partial charge in [0.2, 0.25) is 0 Å². The zero-order valence-electron chi connectivity index (χ0n) is 10.3. The fourth-order valence-electron chi connectivity index (χ4n) is 2.62. The minimum absolute atomic E-state index is 0.824. The molecule has 1 fully saturated rings. The molecular weight excluding hydrogens is 206 g/mol. The molecule has 0 saturated heterocycles. The zero-order chi connectivity index (χ0) is 11.1. The van der Waals surface area contributed by atoms with Crippen LogP contribution < -0.4 is 0 Å². The Hall–Kier alpha value is 0.250. The molecule has 90 valence electrons. The Bertz CT molecular complexity index is 161. The standard InChI is InChI=1S/C13H26ClN/c1-12-7-6-8-13(11-12)15(2)10-5-3-4-9-14/h12-13H,3-11H2,1-2H3. The van der Waals surface area contributed by atoms with Crippen molar-refractivity contribution in [1.82, 2.24) is 4.90 Å². The van der Waals surface area contributed by atoms with Gasteiger partial charge in [0.15, 0.2) is 0 Å². The van der Waals surface area contributed by atoms with E-state index in [2.05, 4.69) is 18.9 Å². The van der Waals surface area contributed by atoms with E-state index < -0.39 is 0 Å². The second-order valence-corrected chi connectivity index (χ2v) is 5.53. The van der Waals surface area contributed by atoms with Gasteiger partial charge < -0.3 is 4.90 Å². The first-order chi connectivity index (χ1) is 7.24. The molecule has 0 N–H and O–H groups in total. The van der Waals surface area contributed by atoms with E-state index in [1.54, 1.807) is 0 Å². The second kappa shape index (κ2) is 7.51. The molecule has 1 aliphatic carbocycles. The summed E-state index contributed by atoms with van der Waals surface area (Å²) in [5, 5.41) is 0. The lowest BCUT2D eigenvalue weighted by Crippen LogP contribution is -2.36. The van der Waals surface area contributed by atoms with Crippen LogP contribution in [0.1, 0.15) is 51.9 Å². The molecule has 1 nitrogen and oxygen atoms in total. The summed E-state index contributed by atoms with van der Waals surface area (Å²) in [4.78, 5) is 2.57. The van der Waals surface area contributed by atoms with Crippen LogP contribution in [0.2, 0.25) is 0 Å². The van der Waals surface area contributed by atoms with Gasteiger partial charge in [-0.1, -0.05) is 26.2 Å². The molecule has 2 heteroatoms. The summed E-state index contributed by atoms with van der Waals surface area (Å²) in [6, 6.07) is 0.852. The lowest BCUT2D eigenvalue weighted by molar-refractivity contribution is 0.162. The zero-order valence-corrected chi connectivity index (χ0v) is 11.1. The van der Waals surface area contributed by atoms with Crippen molar-refractivity contribution in [3.05, 3.63) is 0 Å². The predicted octanol–water partition coefficient (Wildman–Crippen LogP) is 3.91. The topological polar surface area (TPSA) is 3.24 Å². The van der Waals surface area contributed by atoms with E-state index >= 15 is 0 Å². The summed E-state index contributed by atoms with van der Waals surface area (Å²) in [5.74, 6) is 1.76. The van der Waals surface area contributed by atoms with Gasteiger partial charge >= 0.3 is 0 Å². The molecule has 2 unspecified atom stereocenters. The average molecular weight is 232 g/mol. The molecule has 0 radical (unpaired) electrons. The van der Waals surface area contributed by atoms with Crippen LogP contribution >= 0.6 is 11.6 Å². The number of rotatable bonds is 6. The quantitative estimate of drug-likeness (QED) is 0.495. The Morgan fingerprint density at radius 1 is 1.20 bits per heavy atom. The van der Waals surface area contributed by atoms with E-state index in [1.807, 2.05) is 0 Å².